The third-order valence-corrected chi connectivity index (χ3v) is 13.0. The molecule has 0 fully saturated rings. The van der Waals surface area contributed by atoms with E-state index in [1.54, 1.807) is 0 Å². The van der Waals surface area contributed by atoms with Crippen LogP contribution < -0.4 is 9.80 Å². The minimum atomic E-state index is 1.11. The molecule has 0 atom stereocenters. The molecule has 1 N–H and O–H groups in total. The molecule has 0 spiro atoms. The zero-order chi connectivity index (χ0) is 39.6. The predicted octanol–water partition coefficient (Wildman–Crippen LogP) is 16.6. The monoisotopic (exact) mass is 783 g/mol. The lowest BCUT2D eigenvalue weighted by Gasteiger charge is -2.26. The first-order valence-electron chi connectivity index (χ1n) is 20.4. The SMILES string of the molecule is c1ccc(N(c2ccccc2)c2ccc3c(c2)sc2cc(-c4cccc5c4[nH]c4ccc(N(c6ccc7ccccc7c6)c6ccc7ccccc7c6)cc45)ccc23)cc1. The van der Waals surface area contributed by atoms with Gasteiger partial charge in [-0.1, -0.05) is 133 Å². The predicted molar refractivity (Wildman–Crippen MR) is 259 cm³/mol. The first-order chi connectivity index (χ1) is 29.7. The van der Waals surface area contributed by atoms with Crippen LogP contribution in [-0.2, 0) is 0 Å². The van der Waals surface area contributed by atoms with Gasteiger partial charge < -0.3 is 14.8 Å². The van der Waals surface area contributed by atoms with E-state index in [1.807, 2.05) is 11.3 Å². The fraction of sp³-hybridized carbons (Fsp3) is 0. The topological polar surface area (TPSA) is 22.3 Å². The molecule has 282 valence electrons. The summed E-state index contributed by atoms with van der Waals surface area (Å²) in [5, 5.41) is 9.88. The zero-order valence-corrected chi connectivity index (χ0v) is 33.4. The van der Waals surface area contributed by atoms with Crippen molar-refractivity contribution in [3.63, 3.8) is 0 Å². The van der Waals surface area contributed by atoms with E-state index < -0.39 is 0 Å². The van der Waals surface area contributed by atoms with Crippen molar-refractivity contribution >= 4 is 109 Å². The number of fused-ring (bicyclic) bond motifs is 8. The number of H-pyrrole nitrogens is 1. The van der Waals surface area contributed by atoms with Crippen molar-refractivity contribution in [3.05, 3.63) is 218 Å². The van der Waals surface area contributed by atoms with Crippen LogP contribution in [0.15, 0.2) is 218 Å². The van der Waals surface area contributed by atoms with Crippen LogP contribution in [0.2, 0.25) is 0 Å². The molecule has 0 aliphatic rings. The maximum atomic E-state index is 3.84. The summed E-state index contributed by atoms with van der Waals surface area (Å²) in [5.41, 5.74) is 11.5. The molecule has 12 aromatic rings. The summed E-state index contributed by atoms with van der Waals surface area (Å²) in [6.07, 6.45) is 0. The van der Waals surface area contributed by atoms with Gasteiger partial charge in [-0.25, -0.2) is 0 Å². The van der Waals surface area contributed by atoms with Crippen molar-refractivity contribution < 1.29 is 0 Å². The Kier molecular flexibility index (Phi) is 8.03. The molecule has 0 saturated carbocycles. The number of benzene rings is 10. The van der Waals surface area contributed by atoms with E-state index in [-0.39, 0.29) is 0 Å². The number of aromatic nitrogens is 1. The minimum Gasteiger partial charge on any atom is -0.354 e. The summed E-state index contributed by atoms with van der Waals surface area (Å²) in [4.78, 5) is 8.57. The molecule has 0 bridgehead atoms. The Morgan fingerprint density at radius 1 is 0.317 bits per heavy atom. The van der Waals surface area contributed by atoms with Gasteiger partial charge in [0.05, 0.1) is 5.52 Å². The van der Waals surface area contributed by atoms with Crippen molar-refractivity contribution in [1.29, 1.82) is 0 Å². The maximum absolute atomic E-state index is 3.84. The smallest absolute Gasteiger partial charge is 0.0544 e. The van der Waals surface area contributed by atoms with Gasteiger partial charge in [0.25, 0.3) is 0 Å². The fourth-order valence-electron chi connectivity index (χ4n) is 9.04. The molecule has 4 heteroatoms. The molecule has 0 amide bonds. The Balaban J connectivity index is 0.958. The number of rotatable bonds is 7. The number of anilines is 6. The van der Waals surface area contributed by atoms with E-state index in [0.29, 0.717) is 0 Å². The molecule has 2 aromatic heterocycles. The van der Waals surface area contributed by atoms with Gasteiger partial charge in [0.15, 0.2) is 0 Å². The lowest BCUT2D eigenvalue weighted by atomic mass is 10.0. The molecule has 60 heavy (non-hydrogen) atoms. The molecule has 2 heterocycles. The number of hydrogen-bond donors (Lipinski definition) is 1. The Morgan fingerprint density at radius 2 is 0.833 bits per heavy atom. The highest BCUT2D eigenvalue weighted by molar-refractivity contribution is 7.25. The second-order valence-corrected chi connectivity index (χ2v) is 16.6. The van der Waals surface area contributed by atoms with Crippen LogP contribution in [0.3, 0.4) is 0 Å². The van der Waals surface area contributed by atoms with Crippen molar-refractivity contribution in [2.24, 2.45) is 0 Å². The number of hydrogen-bond acceptors (Lipinski definition) is 3. The van der Waals surface area contributed by atoms with E-state index in [2.05, 4.69) is 233 Å². The van der Waals surface area contributed by atoms with E-state index in [4.69, 9.17) is 0 Å². The normalized spacial score (nSPS) is 11.7. The summed E-state index contributed by atoms with van der Waals surface area (Å²) in [7, 11) is 0. The third-order valence-electron chi connectivity index (χ3n) is 11.9. The maximum Gasteiger partial charge on any atom is 0.0544 e. The van der Waals surface area contributed by atoms with Crippen molar-refractivity contribution in [2.75, 3.05) is 9.80 Å². The Hall–Kier alpha value is -7.66. The van der Waals surface area contributed by atoms with Crippen LogP contribution in [0.4, 0.5) is 34.1 Å². The summed E-state index contributed by atoms with van der Waals surface area (Å²) in [6, 6.07) is 79.3. The number of nitrogens with zero attached hydrogens (tertiary/aromatic N) is 2. The summed E-state index contributed by atoms with van der Waals surface area (Å²) < 4.78 is 2.55. The minimum absolute atomic E-state index is 1.11. The number of para-hydroxylation sites is 3. The highest BCUT2D eigenvalue weighted by atomic mass is 32.1. The number of nitrogens with one attached hydrogen (secondary N) is 1. The lowest BCUT2D eigenvalue weighted by molar-refractivity contribution is 1.29. The first-order valence-corrected chi connectivity index (χ1v) is 21.2. The van der Waals surface area contributed by atoms with Crippen molar-refractivity contribution in [2.45, 2.75) is 0 Å². The molecule has 12 rings (SSSR count). The summed E-state index contributed by atoms with van der Waals surface area (Å²) in [5.74, 6) is 0. The Labute approximate surface area is 351 Å². The van der Waals surface area contributed by atoms with Crippen LogP contribution >= 0.6 is 11.3 Å². The van der Waals surface area contributed by atoms with E-state index >= 15 is 0 Å². The first kappa shape index (κ1) is 34.4. The average Bonchev–Trinajstić information content (AvgIpc) is 3.87. The van der Waals surface area contributed by atoms with Gasteiger partial charge in [-0.15, -0.1) is 11.3 Å². The molecule has 0 radical (unpaired) electrons. The highest BCUT2D eigenvalue weighted by Gasteiger charge is 2.19. The summed E-state index contributed by atoms with van der Waals surface area (Å²) >= 11 is 1.86. The standard InChI is InChI=1S/C56H37N3S/c1-3-16-42(17-4-1)58(43-18-5-2-6-19-43)47-27-30-50-49-29-24-41(34-54(49)60-55(50)36-47)48-20-11-21-51-52-35-46(28-31-53(52)57-56(48)51)59(44-25-22-37-12-7-9-14-39(37)32-44)45-26-23-38-13-8-10-15-40(38)33-45/h1-36,57H. The Bertz CT molecular complexity index is 3450. The van der Waals surface area contributed by atoms with E-state index in [1.165, 1.54) is 63.6 Å². The zero-order valence-electron chi connectivity index (χ0n) is 32.6. The van der Waals surface area contributed by atoms with Crippen LogP contribution in [0.5, 0.6) is 0 Å². The molecular formula is C56H37N3S. The molecule has 3 nitrogen and oxygen atoms in total. The lowest BCUT2D eigenvalue weighted by Crippen LogP contribution is -2.09. The van der Waals surface area contributed by atoms with Gasteiger partial charge in [-0.05, 0) is 112 Å². The van der Waals surface area contributed by atoms with Crippen LogP contribution in [0.25, 0.3) is 74.6 Å². The highest BCUT2D eigenvalue weighted by Crippen LogP contribution is 2.44. The van der Waals surface area contributed by atoms with Crippen molar-refractivity contribution in [1.82, 2.24) is 4.98 Å². The molecule has 0 aliphatic heterocycles. The number of thiophene rings is 1. The average molecular weight is 784 g/mol. The molecule has 0 saturated heterocycles. The van der Waals surface area contributed by atoms with Gasteiger partial charge in [0, 0.05) is 76.1 Å². The molecule has 0 unspecified atom stereocenters. The van der Waals surface area contributed by atoms with E-state index in [0.717, 1.165) is 45.2 Å². The summed E-state index contributed by atoms with van der Waals surface area (Å²) in [6.45, 7) is 0. The fourth-order valence-corrected chi connectivity index (χ4v) is 10.2. The second kappa shape index (κ2) is 14.0. The van der Waals surface area contributed by atoms with Crippen LogP contribution in [0, 0.1) is 0 Å². The van der Waals surface area contributed by atoms with Gasteiger partial charge in [-0.3, -0.25) is 0 Å². The molecular weight excluding hydrogens is 747 g/mol. The van der Waals surface area contributed by atoms with E-state index in [9.17, 15) is 0 Å². The van der Waals surface area contributed by atoms with Crippen LogP contribution in [0.1, 0.15) is 0 Å². The van der Waals surface area contributed by atoms with Crippen molar-refractivity contribution in [3.8, 4) is 11.1 Å². The van der Waals surface area contributed by atoms with Gasteiger partial charge >= 0.3 is 0 Å². The molecule has 10 aromatic carbocycles. The van der Waals surface area contributed by atoms with Gasteiger partial charge in [0.2, 0.25) is 0 Å². The third kappa shape index (κ3) is 5.80. The second-order valence-electron chi connectivity index (χ2n) is 15.5. The van der Waals surface area contributed by atoms with Gasteiger partial charge in [-0.2, -0.15) is 0 Å². The largest absolute Gasteiger partial charge is 0.354 e. The Morgan fingerprint density at radius 3 is 1.50 bits per heavy atom. The van der Waals surface area contributed by atoms with Gasteiger partial charge in [0.1, 0.15) is 0 Å². The quantitative estimate of drug-likeness (QED) is 0.174. The molecule has 0 aliphatic carbocycles. The number of aromatic amines is 1. The van der Waals surface area contributed by atoms with Crippen LogP contribution in [-0.4, -0.2) is 4.98 Å².